The molecule has 0 atom stereocenters. The first-order chi connectivity index (χ1) is 19.8. The molecular weight excluding hydrogens is 521 g/mol. The first-order valence-corrected chi connectivity index (χ1v) is 15.2. The van der Waals surface area contributed by atoms with Crippen molar-refractivity contribution < 1.29 is 0 Å². The molecule has 0 nitrogen and oxygen atoms in total. The molecule has 7 aromatic carbocycles. The molecule has 0 aliphatic rings. The molecule has 0 N–H and O–H groups in total. The average Bonchev–Trinajstić information content (AvgIpc) is 3.58. The molecule has 0 fully saturated rings. The van der Waals surface area contributed by atoms with E-state index in [1.807, 2.05) is 22.7 Å². The van der Waals surface area contributed by atoms with E-state index < -0.39 is 0 Å². The Kier molecular flexibility index (Phi) is 4.74. The first-order valence-electron chi connectivity index (χ1n) is 13.6. The molecule has 0 bridgehead atoms. The van der Waals surface area contributed by atoms with Crippen LogP contribution in [0, 0.1) is 0 Å². The molecule has 0 spiro atoms. The van der Waals surface area contributed by atoms with Gasteiger partial charge >= 0.3 is 0 Å². The van der Waals surface area contributed by atoms with Crippen LogP contribution in [0.3, 0.4) is 0 Å². The summed E-state index contributed by atoms with van der Waals surface area (Å²) in [6, 6.07) is 49.2. The molecular formula is C38H22S2. The van der Waals surface area contributed by atoms with E-state index in [0.717, 1.165) is 0 Å². The predicted molar refractivity (Wildman–Crippen MR) is 178 cm³/mol. The molecule has 0 unspecified atom stereocenters. The minimum atomic E-state index is 1.26. The van der Waals surface area contributed by atoms with Crippen molar-refractivity contribution in [3.8, 4) is 22.3 Å². The van der Waals surface area contributed by atoms with Crippen LogP contribution >= 0.6 is 22.7 Å². The summed E-state index contributed by atoms with van der Waals surface area (Å²) in [6.07, 6.45) is 0. The Morgan fingerprint density at radius 1 is 0.325 bits per heavy atom. The Labute approximate surface area is 239 Å². The van der Waals surface area contributed by atoms with Crippen molar-refractivity contribution in [1.82, 2.24) is 0 Å². The van der Waals surface area contributed by atoms with Crippen LogP contribution in [-0.2, 0) is 0 Å². The van der Waals surface area contributed by atoms with Gasteiger partial charge in [0.05, 0.1) is 0 Å². The van der Waals surface area contributed by atoms with E-state index in [4.69, 9.17) is 0 Å². The molecule has 2 heterocycles. The van der Waals surface area contributed by atoms with Crippen molar-refractivity contribution in [2.24, 2.45) is 0 Å². The highest BCUT2D eigenvalue weighted by molar-refractivity contribution is 7.29. The highest BCUT2D eigenvalue weighted by atomic mass is 32.1. The molecule has 2 heteroatoms. The van der Waals surface area contributed by atoms with Crippen molar-refractivity contribution in [3.63, 3.8) is 0 Å². The Bertz CT molecular complexity index is 2370. The van der Waals surface area contributed by atoms with Gasteiger partial charge in [0.15, 0.2) is 0 Å². The van der Waals surface area contributed by atoms with Gasteiger partial charge in [0, 0.05) is 40.3 Å². The fourth-order valence-electron chi connectivity index (χ4n) is 6.55. The minimum Gasteiger partial charge on any atom is -0.135 e. The maximum absolute atomic E-state index is 2.43. The van der Waals surface area contributed by atoms with Crippen LogP contribution in [0.2, 0.25) is 0 Å². The number of benzene rings is 7. The van der Waals surface area contributed by atoms with E-state index in [0.29, 0.717) is 0 Å². The number of thiophene rings is 2. The molecule has 0 saturated heterocycles. The van der Waals surface area contributed by atoms with Gasteiger partial charge < -0.3 is 0 Å². The molecule has 0 aliphatic heterocycles. The summed E-state index contributed by atoms with van der Waals surface area (Å²) in [6.45, 7) is 0. The van der Waals surface area contributed by atoms with E-state index in [1.54, 1.807) is 0 Å². The number of rotatable bonds is 2. The Balaban J connectivity index is 1.37. The van der Waals surface area contributed by atoms with E-state index in [-0.39, 0.29) is 0 Å². The van der Waals surface area contributed by atoms with Crippen LogP contribution in [0.1, 0.15) is 0 Å². The van der Waals surface area contributed by atoms with Crippen molar-refractivity contribution in [2.45, 2.75) is 0 Å². The van der Waals surface area contributed by atoms with Crippen LogP contribution in [0.4, 0.5) is 0 Å². The van der Waals surface area contributed by atoms with Crippen molar-refractivity contribution in [1.29, 1.82) is 0 Å². The maximum Gasteiger partial charge on any atom is 0.0448 e. The fraction of sp³-hybridized carbons (Fsp3) is 0. The van der Waals surface area contributed by atoms with Crippen LogP contribution in [0.15, 0.2) is 133 Å². The van der Waals surface area contributed by atoms with Gasteiger partial charge in [-0.1, -0.05) is 115 Å². The zero-order valence-corrected chi connectivity index (χ0v) is 23.2. The molecule has 186 valence electrons. The summed E-state index contributed by atoms with van der Waals surface area (Å²) in [5.41, 5.74) is 5.16. The predicted octanol–water partition coefficient (Wildman–Crippen LogP) is 12.1. The molecule has 0 amide bonds. The van der Waals surface area contributed by atoms with Gasteiger partial charge in [0.25, 0.3) is 0 Å². The van der Waals surface area contributed by atoms with Crippen molar-refractivity contribution in [2.75, 3.05) is 0 Å². The zero-order valence-electron chi connectivity index (χ0n) is 21.5. The Morgan fingerprint density at radius 2 is 0.900 bits per heavy atom. The standard InChI is InChI=1S/C38H22S2/c1-2-10-23(11-3-1)35-26-12-4-6-14-28(26)36(29-15-7-5-13-27(29)35)24-18-19-25-30-20-21-33-37(38(30)40-34(25)22-24)31-16-8-9-17-32(31)39-33/h1-22H. The number of hydrogen-bond acceptors (Lipinski definition) is 2. The van der Waals surface area contributed by atoms with Gasteiger partial charge in [-0.15, -0.1) is 22.7 Å². The molecule has 0 saturated carbocycles. The lowest BCUT2D eigenvalue weighted by molar-refractivity contribution is 1.66. The van der Waals surface area contributed by atoms with Crippen molar-refractivity contribution in [3.05, 3.63) is 133 Å². The van der Waals surface area contributed by atoms with E-state index in [9.17, 15) is 0 Å². The quantitative estimate of drug-likeness (QED) is 0.191. The second-order valence-electron chi connectivity index (χ2n) is 10.4. The first kappa shape index (κ1) is 22.3. The van der Waals surface area contributed by atoms with Gasteiger partial charge in [-0.2, -0.15) is 0 Å². The summed E-state index contributed by atoms with van der Waals surface area (Å²) in [7, 11) is 0. The SMILES string of the molecule is c1ccc(-c2c3ccccc3c(-c3ccc4c(c3)sc3c4ccc4sc5ccccc5c43)c3ccccc23)cc1. The highest BCUT2D eigenvalue weighted by Crippen LogP contribution is 2.47. The Hall–Kier alpha value is -4.50. The third kappa shape index (κ3) is 3.12. The zero-order chi connectivity index (χ0) is 26.2. The molecule has 40 heavy (non-hydrogen) atoms. The van der Waals surface area contributed by atoms with Crippen LogP contribution in [-0.4, -0.2) is 0 Å². The summed E-state index contributed by atoms with van der Waals surface area (Å²) < 4.78 is 5.47. The number of hydrogen-bond donors (Lipinski definition) is 0. The smallest absolute Gasteiger partial charge is 0.0448 e. The second-order valence-corrected chi connectivity index (χ2v) is 12.6. The monoisotopic (exact) mass is 542 g/mol. The van der Waals surface area contributed by atoms with Crippen LogP contribution in [0.25, 0.3) is 84.1 Å². The van der Waals surface area contributed by atoms with E-state index >= 15 is 0 Å². The van der Waals surface area contributed by atoms with E-state index in [2.05, 4.69) is 133 Å². The normalized spacial score (nSPS) is 12.0. The topological polar surface area (TPSA) is 0 Å². The Morgan fingerprint density at radius 3 is 1.60 bits per heavy atom. The summed E-state index contributed by atoms with van der Waals surface area (Å²) in [4.78, 5) is 0. The highest BCUT2D eigenvalue weighted by Gasteiger charge is 2.18. The average molecular weight is 543 g/mol. The van der Waals surface area contributed by atoms with Gasteiger partial charge in [-0.05, 0) is 62.0 Å². The van der Waals surface area contributed by atoms with Gasteiger partial charge in [-0.3, -0.25) is 0 Å². The molecule has 0 aliphatic carbocycles. The summed E-state index contributed by atoms with van der Waals surface area (Å²) in [5.74, 6) is 0. The minimum absolute atomic E-state index is 1.26. The summed E-state index contributed by atoms with van der Waals surface area (Å²) in [5, 5.41) is 10.7. The third-order valence-corrected chi connectivity index (χ3v) is 10.6. The van der Waals surface area contributed by atoms with Crippen LogP contribution in [0.5, 0.6) is 0 Å². The molecule has 9 rings (SSSR count). The van der Waals surface area contributed by atoms with Gasteiger partial charge in [0.2, 0.25) is 0 Å². The lowest BCUT2D eigenvalue weighted by Crippen LogP contribution is -1.90. The lowest BCUT2D eigenvalue weighted by Gasteiger charge is -2.17. The molecule has 0 radical (unpaired) electrons. The third-order valence-electron chi connectivity index (χ3n) is 8.26. The maximum atomic E-state index is 2.43. The van der Waals surface area contributed by atoms with Gasteiger partial charge in [-0.25, -0.2) is 0 Å². The number of fused-ring (bicyclic) bond motifs is 9. The lowest BCUT2D eigenvalue weighted by atomic mass is 9.86. The summed E-state index contributed by atoms with van der Waals surface area (Å²) >= 11 is 3.83. The largest absolute Gasteiger partial charge is 0.135 e. The van der Waals surface area contributed by atoms with E-state index in [1.165, 1.54) is 84.1 Å². The van der Waals surface area contributed by atoms with Gasteiger partial charge in [0.1, 0.15) is 0 Å². The fourth-order valence-corrected chi connectivity index (χ4v) is 9.04. The van der Waals surface area contributed by atoms with Crippen LogP contribution < -0.4 is 0 Å². The molecule has 2 aromatic heterocycles. The molecule has 9 aromatic rings. The second kappa shape index (κ2) is 8.50. The van der Waals surface area contributed by atoms with Crippen molar-refractivity contribution >= 4 is 84.6 Å².